The number of ether oxygens (including phenoxy) is 3. The van der Waals surface area contributed by atoms with Crippen LogP contribution >= 0.6 is 0 Å². The maximum absolute atomic E-state index is 6.51. The lowest BCUT2D eigenvalue weighted by molar-refractivity contribution is 0.234. The van der Waals surface area contributed by atoms with Crippen LogP contribution in [-0.4, -0.2) is 19.8 Å². The van der Waals surface area contributed by atoms with Crippen LogP contribution in [0, 0.1) is 6.42 Å². The van der Waals surface area contributed by atoms with E-state index in [4.69, 9.17) is 14.2 Å². The Morgan fingerprint density at radius 3 is 0.938 bits per heavy atom. The van der Waals surface area contributed by atoms with Gasteiger partial charge < -0.3 is 14.2 Å². The van der Waals surface area contributed by atoms with E-state index >= 15 is 0 Å². The maximum atomic E-state index is 6.51. The van der Waals surface area contributed by atoms with Gasteiger partial charge in [-0.15, -0.1) is 0 Å². The third-order valence-electron chi connectivity index (χ3n) is 9.78. The summed E-state index contributed by atoms with van der Waals surface area (Å²) in [6.45, 7) is 11.2. The third-order valence-corrected chi connectivity index (χ3v) is 9.78. The van der Waals surface area contributed by atoms with Gasteiger partial charge in [-0.2, -0.15) is 0 Å². The first-order valence-corrected chi connectivity index (χ1v) is 21.6. The predicted octanol–water partition coefficient (Wildman–Crippen LogP) is 15.4. The molecule has 0 aliphatic heterocycles. The Labute approximate surface area is 301 Å². The molecule has 1 rings (SSSR count). The van der Waals surface area contributed by atoms with Crippen LogP contribution in [0.5, 0.6) is 17.2 Å². The molecule has 48 heavy (non-hydrogen) atoms. The van der Waals surface area contributed by atoms with E-state index < -0.39 is 0 Å². The zero-order valence-electron chi connectivity index (χ0n) is 33.0. The Balaban J connectivity index is 2.59. The number of benzene rings is 1. The minimum atomic E-state index is 0.735. The fraction of sp³-hybridized carbons (Fsp3) is 0.844. The Bertz CT molecular complexity index is 743. The summed E-state index contributed by atoms with van der Waals surface area (Å²) in [5, 5.41) is 0. The molecular weight excluding hydrogens is 588 g/mol. The van der Waals surface area contributed by atoms with Crippen molar-refractivity contribution in [3.05, 3.63) is 24.1 Å². The van der Waals surface area contributed by atoms with E-state index in [9.17, 15) is 0 Å². The van der Waals surface area contributed by atoms with Crippen molar-refractivity contribution in [1.82, 2.24) is 0 Å². The summed E-state index contributed by atoms with van der Waals surface area (Å²) in [5.41, 5.74) is 1.25. The zero-order chi connectivity index (χ0) is 34.6. The summed E-state index contributed by atoms with van der Waals surface area (Å²) in [6, 6.07) is 4.41. The normalized spacial score (nSPS) is 11.3. The van der Waals surface area contributed by atoms with Crippen LogP contribution in [0.25, 0.3) is 0 Å². The van der Waals surface area contributed by atoms with Gasteiger partial charge in [-0.25, -0.2) is 0 Å². The molecule has 0 unspecified atom stereocenters. The van der Waals surface area contributed by atoms with E-state index in [0.717, 1.165) is 62.8 Å². The molecule has 0 heterocycles. The highest BCUT2D eigenvalue weighted by atomic mass is 16.5. The number of hydrogen-bond donors (Lipinski definition) is 0. The van der Waals surface area contributed by atoms with Crippen molar-refractivity contribution in [3.63, 3.8) is 0 Å². The molecule has 281 valence electrons. The number of hydrogen-bond acceptors (Lipinski definition) is 3. The molecule has 0 saturated heterocycles. The molecule has 0 fully saturated rings. The first kappa shape index (κ1) is 44.6. The lowest BCUT2D eigenvalue weighted by Crippen LogP contribution is -2.07. The van der Waals surface area contributed by atoms with Gasteiger partial charge in [-0.05, 0) is 49.8 Å². The lowest BCUT2D eigenvalue weighted by atomic mass is 10.1. The monoisotopic (exact) mass is 672 g/mol. The summed E-state index contributed by atoms with van der Waals surface area (Å²) in [4.78, 5) is 0. The average Bonchev–Trinajstić information content (AvgIpc) is 3.09. The van der Waals surface area contributed by atoms with Gasteiger partial charge in [-0.3, -0.25) is 0 Å². The molecule has 0 amide bonds. The minimum Gasteiger partial charge on any atom is -0.490 e. The summed E-state index contributed by atoms with van der Waals surface area (Å²) in [6.07, 6.45) is 43.2. The standard InChI is InChI=1S/C45H83O3/c1-5-9-12-15-18-21-24-27-30-33-37-46-43-40-42(36-8-4)41-44(47-38-34-31-28-25-22-19-16-13-10-6-2)45(43)48-39-35-32-29-26-23-20-17-14-11-7-3/h8,40-41H,5-7,9-39H2,1-4H3. The van der Waals surface area contributed by atoms with E-state index in [1.165, 1.54) is 179 Å². The van der Waals surface area contributed by atoms with Crippen LogP contribution in [0.15, 0.2) is 12.1 Å². The molecule has 0 spiro atoms. The molecule has 0 N–H and O–H groups in total. The smallest absolute Gasteiger partial charge is 0.203 e. The Hall–Kier alpha value is -1.38. The highest BCUT2D eigenvalue weighted by molar-refractivity contribution is 5.54. The Morgan fingerprint density at radius 1 is 0.375 bits per heavy atom. The largest absolute Gasteiger partial charge is 0.490 e. The van der Waals surface area contributed by atoms with E-state index in [-0.39, 0.29) is 0 Å². The van der Waals surface area contributed by atoms with Crippen LogP contribution in [0.3, 0.4) is 0 Å². The minimum absolute atomic E-state index is 0.735. The van der Waals surface area contributed by atoms with E-state index in [2.05, 4.69) is 46.2 Å². The van der Waals surface area contributed by atoms with Crippen LogP contribution in [0.4, 0.5) is 0 Å². The average molecular weight is 672 g/mol. The predicted molar refractivity (Wildman–Crippen MR) is 212 cm³/mol. The SMILES string of the molecule is C[CH]Cc1cc(OCCCCCCCCCCCC)c(OCCCCCCCCCCCC)c(OCCCCCCCCCCCC)c1. The molecule has 3 nitrogen and oxygen atoms in total. The van der Waals surface area contributed by atoms with Gasteiger partial charge in [0.15, 0.2) is 11.5 Å². The van der Waals surface area contributed by atoms with Crippen molar-refractivity contribution in [2.24, 2.45) is 0 Å². The van der Waals surface area contributed by atoms with Crippen LogP contribution in [-0.2, 0) is 6.42 Å². The van der Waals surface area contributed by atoms with Gasteiger partial charge >= 0.3 is 0 Å². The molecule has 1 radical (unpaired) electrons. The topological polar surface area (TPSA) is 27.7 Å². The van der Waals surface area contributed by atoms with Gasteiger partial charge in [0.25, 0.3) is 0 Å². The second-order valence-corrected chi connectivity index (χ2v) is 14.6. The molecule has 0 aliphatic rings. The highest BCUT2D eigenvalue weighted by Gasteiger charge is 2.16. The summed E-state index contributed by atoms with van der Waals surface area (Å²) < 4.78 is 19.5. The molecule has 3 heteroatoms. The fourth-order valence-corrected chi connectivity index (χ4v) is 6.65. The second-order valence-electron chi connectivity index (χ2n) is 14.6. The summed E-state index contributed by atoms with van der Waals surface area (Å²) >= 11 is 0. The third kappa shape index (κ3) is 26.5. The van der Waals surface area contributed by atoms with Crippen molar-refractivity contribution in [2.45, 2.75) is 227 Å². The first-order chi connectivity index (χ1) is 23.8. The molecule has 1 aromatic rings. The van der Waals surface area contributed by atoms with Gasteiger partial charge in [0.1, 0.15) is 0 Å². The Morgan fingerprint density at radius 2 is 0.646 bits per heavy atom. The fourth-order valence-electron chi connectivity index (χ4n) is 6.65. The zero-order valence-corrected chi connectivity index (χ0v) is 33.0. The van der Waals surface area contributed by atoms with Gasteiger partial charge in [0.2, 0.25) is 5.75 Å². The molecular formula is C45H83O3. The van der Waals surface area contributed by atoms with Crippen molar-refractivity contribution < 1.29 is 14.2 Å². The highest BCUT2D eigenvalue weighted by Crippen LogP contribution is 2.40. The molecule has 0 aliphatic carbocycles. The lowest BCUT2D eigenvalue weighted by Gasteiger charge is -2.19. The second kappa shape index (κ2) is 35.4. The molecule has 0 bridgehead atoms. The van der Waals surface area contributed by atoms with Crippen molar-refractivity contribution in [1.29, 1.82) is 0 Å². The van der Waals surface area contributed by atoms with Crippen LogP contribution in [0.2, 0.25) is 0 Å². The first-order valence-electron chi connectivity index (χ1n) is 21.6. The van der Waals surface area contributed by atoms with Gasteiger partial charge in [0.05, 0.1) is 19.8 Å². The molecule has 0 aromatic heterocycles. The van der Waals surface area contributed by atoms with Gasteiger partial charge in [-0.1, -0.05) is 201 Å². The number of rotatable bonds is 38. The van der Waals surface area contributed by atoms with E-state index in [0.29, 0.717) is 0 Å². The quantitative estimate of drug-likeness (QED) is 0.0655. The van der Waals surface area contributed by atoms with Crippen molar-refractivity contribution >= 4 is 0 Å². The van der Waals surface area contributed by atoms with E-state index in [1.54, 1.807) is 0 Å². The molecule has 0 saturated carbocycles. The summed E-state index contributed by atoms with van der Waals surface area (Å²) in [7, 11) is 0. The van der Waals surface area contributed by atoms with Crippen molar-refractivity contribution in [3.8, 4) is 17.2 Å². The molecule has 1 aromatic carbocycles. The summed E-state index contributed by atoms with van der Waals surface area (Å²) in [5.74, 6) is 2.61. The van der Waals surface area contributed by atoms with Gasteiger partial charge in [0, 0.05) is 0 Å². The van der Waals surface area contributed by atoms with Crippen molar-refractivity contribution in [2.75, 3.05) is 19.8 Å². The van der Waals surface area contributed by atoms with Crippen LogP contribution < -0.4 is 14.2 Å². The Kier molecular flexibility index (Phi) is 33.0. The maximum Gasteiger partial charge on any atom is 0.203 e. The van der Waals surface area contributed by atoms with E-state index in [1.807, 2.05) is 0 Å². The van der Waals surface area contributed by atoms with Crippen LogP contribution in [0.1, 0.15) is 226 Å². The molecule has 0 atom stereocenters. The number of unbranched alkanes of at least 4 members (excludes halogenated alkanes) is 27.